The number of anilines is 1. The summed E-state index contributed by atoms with van der Waals surface area (Å²) in [7, 11) is 6.15. The van der Waals surface area contributed by atoms with Crippen LogP contribution < -0.4 is 21.3 Å². The number of carbonyl (C=O) groups excluding carboxylic acids is 10. The first kappa shape index (κ1) is 70.9. The van der Waals surface area contributed by atoms with Crippen LogP contribution in [0.25, 0.3) is 0 Å². The van der Waals surface area contributed by atoms with Crippen molar-refractivity contribution in [2.75, 3.05) is 53.3 Å². The van der Waals surface area contributed by atoms with Crippen LogP contribution in [0.5, 0.6) is 0 Å². The van der Waals surface area contributed by atoms with E-state index in [2.05, 4.69) is 21.3 Å². The number of aliphatic hydroxyl groups is 1. The van der Waals surface area contributed by atoms with Crippen molar-refractivity contribution in [2.24, 2.45) is 41.4 Å². The summed E-state index contributed by atoms with van der Waals surface area (Å²) in [5.74, 6) is -7.05. The van der Waals surface area contributed by atoms with Crippen LogP contribution in [-0.4, -0.2) is 180 Å². The second-order valence-corrected chi connectivity index (χ2v) is 25.1. The van der Waals surface area contributed by atoms with Gasteiger partial charge in [-0.2, -0.15) is 0 Å². The minimum atomic E-state index is -1.47. The largest absolute Gasteiger partial charge is 0.445 e. The van der Waals surface area contributed by atoms with E-state index in [1.54, 1.807) is 82.8 Å². The number of amides is 8. The Balaban J connectivity index is 1.16. The Labute approximate surface area is 513 Å². The van der Waals surface area contributed by atoms with Crippen molar-refractivity contribution in [3.63, 3.8) is 0 Å². The highest BCUT2D eigenvalue weighted by atomic mass is 16.6. The van der Waals surface area contributed by atoms with Gasteiger partial charge in [0.05, 0.1) is 42.9 Å². The normalized spacial score (nSPS) is 19.4. The van der Waals surface area contributed by atoms with Crippen LogP contribution in [0.3, 0.4) is 0 Å². The number of likely N-dealkylation sites (tertiary alicyclic amines) is 1. The predicted octanol–water partition coefficient (Wildman–Crippen LogP) is 5.61. The predicted molar refractivity (Wildman–Crippen MR) is 327 cm³/mol. The quantitative estimate of drug-likeness (QED) is 0.0557. The first-order chi connectivity index (χ1) is 41.0. The molecule has 2 fully saturated rings. The van der Waals surface area contributed by atoms with Crippen molar-refractivity contribution in [3.05, 3.63) is 77.9 Å². The molecule has 0 bridgehead atoms. The van der Waals surface area contributed by atoms with Gasteiger partial charge in [0, 0.05) is 90.5 Å². The maximum Gasteiger partial charge on any atom is 0.410 e. The number of hydrogen-bond donors (Lipinski definition) is 5. The van der Waals surface area contributed by atoms with Crippen LogP contribution in [0.15, 0.2) is 66.7 Å². The molecule has 0 radical (unpaired) electrons. The number of nitrogens with one attached hydrogen (secondary N) is 4. The molecule has 87 heavy (non-hydrogen) atoms. The summed E-state index contributed by atoms with van der Waals surface area (Å²) >= 11 is 0. The number of carbonyl (C=O) groups is 10. The van der Waals surface area contributed by atoms with E-state index >= 15 is 0 Å². The molecule has 3 heterocycles. The summed E-state index contributed by atoms with van der Waals surface area (Å²) in [6.07, 6.45) is 1.06. The first-order valence-corrected chi connectivity index (χ1v) is 30.6. The van der Waals surface area contributed by atoms with Crippen molar-refractivity contribution >= 4 is 64.7 Å². The molecular formula is C65H96N8O14. The standard InChI is InChI=1S/C65H96N8O14/c1-16-40(8)57(50(85-14)33-53(78)72-30-20-23-47(72)59(86-15)43(11)48(74)31-41(9)58(79)45-21-18-17-19-22-45)70(12)62(82)55(38(4)5)68-61(81)56(39(6)7)71(13)64(84)87-34-44-24-26-46(27-25-44)67-60(80)42(10)32-49(75)54(37(2)3)69-63(83)65(35-66-36-65)73-51(76)28-29-52(73)77/h17-19,21-22,24-29,37-43,47,50,54-59,66,79H,16,20,23,30-36H2,1-15H3,(H,67,80)(H,68,81)(H,69,83)/t40-,41-,42+,43-,47-,50+,54-,55-,56-,57-,58+,59+/m0/s1. The van der Waals surface area contributed by atoms with E-state index in [1.807, 2.05) is 71.9 Å². The molecule has 3 aliphatic heterocycles. The van der Waals surface area contributed by atoms with Gasteiger partial charge in [-0.3, -0.25) is 53.0 Å². The number of ketones is 2. The van der Waals surface area contributed by atoms with Crippen molar-refractivity contribution in [1.82, 2.24) is 35.6 Å². The minimum absolute atomic E-state index is 0.0384. The maximum atomic E-state index is 14.8. The van der Waals surface area contributed by atoms with Crippen molar-refractivity contribution < 1.29 is 67.3 Å². The smallest absolute Gasteiger partial charge is 0.410 e. The Hall–Kier alpha value is -6.88. The van der Waals surface area contributed by atoms with Crippen molar-refractivity contribution in [1.29, 1.82) is 0 Å². The molecule has 2 aromatic carbocycles. The van der Waals surface area contributed by atoms with Gasteiger partial charge in [-0.1, -0.05) is 125 Å². The summed E-state index contributed by atoms with van der Waals surface area (Å²) < 4.78 is 17.8. The highest BCUT2D eigenvalue weighted by Gasteiger charge is 2.55. The third-order valence-corrected chi connectivity index (χ3v) is 17.7. The Morgan fingerprint density at radius 2 is 1.33 bits per heavy atom. The second-order valence-electron chi connectivity index (χ2n) is 25.1. The number of imide groups is 1. The summed E-state index contributed by atoms with van der Waals surface area (Å²) in [4.78, 5) is 142. The number of nitrogens with zero attached hydrogens (tertiary/aromatic N) is 4. The topological polar surface area (TPSA) is 280 Å². The zero-order valence-corrected chi connectivity index (χ0v) is 53.6. The van der Waals surface area contributed by atoms with Crippen LogP contribution in [0.1, 0.15) is 132 Å². The molecule has 0 saturated carbocycles. The van der Waals surface area contributed by atoms with Gasteiger partial charge in [-0.15, -0.1) is 0 Å². The molecule has 12 atom stereocenters. The Bertz CT molecular complexity index is 2750. The van der Waals surface area contributed by atoms with Gasteiger partial charge in [0.1, 0.15) is 24.5 Å². The highest BCUT2D eigenvalue weighted by molar-refractivity contribution is 6.16. The van der Waals surface area contributed by atoms with Gasteiger partial charge in [0.15, 0.2) is 11.3 Å². The fraction of sp³-hybridized carbons (Fsp3) is 0.631. The molecule has 480 valence electrons. The van der Waals surface area contributed by atoms with Gasteiger partial charge < -0.3 is 50.4 Å². The lowest BCUT2D eigenvalue weighted by Gasteiger charge is -2.46. The number of methoxy groups -OCH3 is 2. The summed E-state index contributed by atoms with van der Waals surface area (Å²) in [6.45, 7) is 20.2. The molecule has 2 saturated heterocycles. The molecule has 8 amide bonds. The molecule has 3 aliphatic rings. The van der Waals surface area contributed by atoms with Crippen LogP contribution in [0.2, 0.25) is 0 Å². The maximum absolute atomic E-state index is 14.8. The van der Waals surface area contributed by atoms with Gasteiger partial charge in [0.2, 0.25) is 29.5 Å². The second kappa shape index (κ2) is 31.9. The van der Waals surface area contributed by atoms with Crippen LogP contribution in [0.4, 0.5) is 10.5 Å². The molecule has 0 aliphatic carbocycles. The van der Waals surface area contributed by atoms with Crippen molar-refractivity contribution in [2.45, 2.75) is 175 Å². The van der Waals surface area contributed by atoms with E-state index < -0.39 is 119 Å². The number of hydrogen-bond acceptors (Lipinski definition) is 15. The Kier molecular flexibility index (Phi) is 26.0. The average molecular weight is 1210 g/mol. The molecule has 5 N–H and O–H groups in total. The van der Waals surface area contributed by atoms with Gasteiger partial charge in [-0.05, 0) is 65.7 Å². The molecule has 0 unspecified atom stereocenters. The number of benzene rings is 2. The third kappa shape index (κ3) is 17.3. The molecular weight excluding hydrogens is 1120 g/mol. The minimum Gasteiger partial charge on any atom is -0.445 e. The van der Waals surface area contributed by atoms with E-state index in [9.17, 15) is 53.1 Å². The van der Waals surface area contributed by atoms with Crippen LogP contribution in [0, 0.1) is 41.4 Å². The lowest BCUT2D eigenvalue weighted by molar-refractivity contribution is -0.156. The van der Waals surface area contributed by atoms with Crippen LogP contribution in [-0.2, 0) is 64.0 Å². The number of Topliss-reactive ketones (excluding diaryl/α,β-unsaturated/α-hetero) is 2. The highest BCUT2D eigenvalue weighted by Crippen LogP contribution is 2.33. The third-order valence-electron chi connectivity index (χ3n) is 17.7. The fourth-order valence-corrected chi connectivity index (χ4v) is 12.2. The Morgan fingerprint density at radius 3 is 1.86 bits per heavy atom. The lowest BCUT2D eigenvalue weighted by atomic mass is 9.85. The van der Waals surface area contributed by atoms with Gasteiger partial charge >= 0.3 is 6.09 Å². The fourth-order valence-electron chi connectivity index (χ4n) is 12.2. The number of rotatable bonds is 32. The first-order valence-electron chi connectivity index (χ1n) is 30.6. The molecule has 0 aromatic heterocycles. The number of ether oxygens (including phenoxy) is 3. The average Bonchev–Trinajstić information content (AvgIpc) is 1.76. The molecule has 0 spiro atoms. The monoisotopic (exact) mass is 1210 g/mol. The molecule has 2 aromatic rings. The van der Waals surface area contributed by atoms with Crippen LogP contribution >= 0.6 is 0 Å². The molecule has 22 nitrogen and oxygen atoms in total. The summed E-state index contributed by atoms with van der Waals surface area (Å²) in [5.41, 5.74) is 0.233. The number of likely N-dealkylation sites (N-methyl/N-ethyl adjacent to an activating group) is 2. The zero-order chi connectivity index (χ0) is 64.8. The lowest BCUT2D eigenvalue weighted by Crippen LogP contribution is -2.77. The summed E-state index contributed by atoms with van der Waals surface area (Å²) in [5, 5.41) is 22.4. The molecule has 22 heteroatoms. The van der Waals surface area contributed by atoms with E-state index in [-0.39, 0.29) is 74.4 Å². The van der Waals surface area contributed by atoms with E-state index in [0.717, 1.165) is 22.6 Å². The van der Waals surface area contributed by atoms with Gasteiger partial charge in [0.25, 0.3) is 11.8 Å². The SMILES string of the molecule is CC[C@H](C)[C@@H]([C@@H](CC(=O)N1CCC[C@H]1[C@H](OC)[C@@H](C)C(=O)C[C@H](C)[C@@H](O)c1ccccc1)OC)N(C)C(=O)[C@@H](NC(=O)[C@H](C(C)C)N(C)C(=O)OCc1ccc(NC(=O)[C@H](C)CC(=O)[C@@H](NC(=O)C2(N3C(=O)C=CC3=O)CNC2)C(C)C)cc1)C(C)C. The van der Waals surface area contributed by atoms with Gasteiger partial charge in [-0.25, -0.2) is 4.79 Å². The Morgan fingerprint density at radius 1 is 0.724 bits per heavy atom. The van der Waals surface area contributed by atoms with Crippen molar-refractivity contribution in [3.8, 4) is 0 Å². The summed E-state index contributed by atoms with van der Waals surface area (Å²) in [6, 6.07) is 11.7. The van der Waals surface area contributed by atoms with E-state index in [4.69, 9.17) is 14.2 Å². The van der Waals surface area contributed by atoms with E-state index in [0.29, 0.717) is 37.1 Å². The van der Waals surface area contributed by atoms with E-state index in [1.165, 1.54) is 19.1 Å². The number of aliphatic hydroxyl groups excluding tert-OH is 1. The zero-order valence-electron chi connectivity index (χ0n) is 53.6. The molecule has 5 rings (SSSR count).